The first kappa shape index (κ1) is 19.3. The molecule has 0 unspecified atom stereocenters. The highest BCUT2D eigenvalue weighted by Crippen LogP contribution is 2.22. The van der Waals surface area contributed by atoms with Crippen LogP contribution in [0.15, 0.2) is 48.5 Å². The van der Waals surface area contributed by atoms with Gasteiger partial charge in [0.25, 0.3) is 5.91 Å². The number of phenols is 1. The molecule has 2 aliphatic rings. The number of amides is 2. The molecule has 0 bridgehead atoms. The van der Waals surface area contributed by atoms with Crippen molar-refractivity contribution >= 4 is 23.2 Å². The van der Waals surface area contributed by atoms with E-state index in [4.69, 9.17) is 0 Å². The van der Waals surface area contributed by atoms with Crippen LogP contribution in [-0.2, 0) is 4.79 Å². The van der Waals surface area contributed by atoms with Gasteiger partial charge < -0.3 is 20.6 Å². The van der Waals surface area contributed by atoms with Gasteiger partial charge in [0.05, 0.1) is 17.8 Å². The number of carbonyl (C=O) groups is 2. The number of hydrogen-bond donors (Lipinski definition) is 3. The number of aromatic hydroxyl groups is 1. The molecule has 2 aromatic carbocycles. The Morgan fingerprint density at radius 3 is 2.34 bits per heavy atom. The summed E-state index contributed by atoms with van der Waals surface area (Å²) in [7, 11) is 0. The van der Waals surface area contributed by atoms with Gasteiger partial charge in [-0.15, -0.1) is 0 Å². The molecule has 1 aliphatic heterocycles. The Balaban J connectivity index is 1.29. The first-order valence-corrected chi connectivity index (χ1v) is 10.0. The predicted octanol–water partition coefficient (Wildman–Crippen LogP) is 2.05. The van der Waals surface area contributed by atoms with E-state index in [0.717, 1.165) is 44.7 Å². The molecule has 3 N–H and O–H groups in total. The van der Waals surface area contributed by atoms with Crippen LogP contribution in [0.4, 0.5) is 11.4 Å². The molecule has 0 radical (unpaired) electrons. The molecule has 4 rings (SSSR count). The number of rotatable bonds is 6. The van der Waals surface area contributed by atoms with E-state index in [9.17, 15) is 14.7 Å². The Kier molecular flexibility index (Phi) is 5.67. The molecule has 1 aliphatic carbocycles. The number of nitrogens with one attached hydrogen (secondary N) is 2. The number of benzene rings is 2. The smallest absolute Gasteiger partial charge is 0.253 e. The molecule has 1 saturated heterocycles. The van der Waals surface area contributed by atoms with Gasteiger partial charge in [-0.2, -0.15) is 0 Å². The molecule has 2 amide bonds. The number of carbonyl (C=O) groups excluding carboxylic acids is 2. The normalized spacial score (nSPS) is 17.0. The summed E-state index contributed by atoms with van der Waals surface area (Å²) in [5.74, 6) is 0.0100. The lowest BCUT2D eigenvalue weighted by molar-refractivity contribution is -0.117. The highest BCUT2D eigenvalue weighted by atomic mass is 16.3. The second-order valence-electron chi connectivity index (χ2n) is 7.62. The zero-order valence-electron chi connectivity index (χ0n) is 16.3. The van der Waals surface area contributed by atoms with E-state index < -0.39 is 0 Å². The van der Waals surface area contributed by atoms with Gasteiger partial charge in [0.15, 0.2) is 0 Å². The van der Waals surface area contributed by atoms with Crippen molar-refractivity contribution in [2.24, 2.45) is 0 Å². The molecular formula is C22H26N4O3. The monoisotopic (exact) mass is 394 g/mol. The molecular weight excluding hydrogens is 368 g/mol. The van der Waals surface area contributed by atoms with Gasteiger partial charge in [-0.05, 0) is 49.2 Å². The number of hydrogen-bond acceptors (Lipinski definition) is 5. The summed E-state index contributed by atoms with van der Waals surface area (Å²) in [5.41, 5.74) is 2.13. The first-order valence-electron chi connectivity index (χ1n) is 10.0. The number of piperazine rings is 1. The molecule has 7 nitrogen and oxygen atoms in total. The lowest BCUT2D eigenvalue weighted by Crippen LogP contribution is -2.48. The van der Waals surface area contributed by atoms with E-state index in [-0.39, 0.29) is 23.6 Å². The van der Waals surface area contributed by atoms with Crippen LogP contribution in [0.25, 0.3) is 0 Å². The minimum atomic E-state index is -0.133. The zero-order valence-corrected chi connectivity index (χ0v) is 16.3. The fraction of sp³-hybridized carbons (Fsp3) is 0.364. The second-order valence-corrected chi connectivity index (χ2v) is 7.62. The largest absolute Gasteiger partial charge is 0.508 e. The van der Waals surface area contributed by atoms with E-state index in [1.807, 2.05) is 18.2 Å². The van der Waals surface area contributed by atoms with E-state index in [2.05, 4.69) is 20.4 Å². The molecule has 29 heavy (non-hydrogen) atoms. The fourth-order valence-corrected chi connectivity index (χ4v) is 3.50. The third-order valence-electron chi connectivity index (χ3n) is 5.31. The van der Waals surface area contributed by atoms with Crippen molar-refractivity contribution in [1.29, 1.82) is 0 Å². The Bertz CT molecular complexity index is 872. The van der Waals surface area contributed by atoms with Gasteiger partial charge in [-0.25, -0.2) is 0 Å². The van der Waals surface area contributed by atoms with Gasteiger partial charge in [0.2, 0.25) is 5.91 Å². The summed E-state index contributed by atoms with van der Waals surface area (Å²) < 4.78 is 0. The summed E-state index contributed by atoms with van der Waals surface area (Å²) >= 11 is 0. The molecule has 0 aromatic heterocycles. The van der Waals surface area contributed by atoms with Gasteiger partial charge >= 0.3 is 0 Å². The van der Waals surface area contributed by atoms with Crippen LogP contribution in [0.1, 0.15) is 23.2 Å². The van der Waals surface area contributed by atoms with Crippen molar-refractivity contribution in [3.05, 3.63) is 54.1 Å². The highest BCUT2D eigenvalue weighted by molar-refractivity contribution is 6.04. The summed E-state index contributed by atoms with van der Waals surface area (Å²) in [6.45, 7) is 3.48. The topological polar surface area (TPSA) is 84.9 Å². The Morgan fingerprint density at radius 2 is 1.66 bits per heavy atom. The van der Waals surface area contributed by atoms with Crippen LogP contribution in [0.2, 0.25) is 0 Å². The molecule has 152 valence electrons. The number of para-hydroxylation sites is 1. The Labute approximate surface area is 170 Å². The third kappa shape index (κ3) is 5.06. The lowest BCUT2D eigenvalue weighted by atomic mass is 10.1. The molecule has 7 heteroatoms. The average molecular weight is 394 g/mol. The van der Waals surface area contributed by atoms with Crippen LogP contribution in [0.5, 0.6) is 5.75 Å². The molecule has 1 saturated carbocycles. The molecule has 2 aromatic rings. The van der Waals surface area contributed by atoms with Crippen molar-refractivity contribution in [2.45, 2.75) is 18.9 Å². The number of nitrogens with zero attached hydrogens (tertiary/aromatic N) is 2. The highest BCUT2D eigenvalue weighted by Gasteiger charge is 2.25. The molecule has 2 fully saturated rings. The molecule has 0 atom stereocenters. The maximum atomic E-state index is 12.6. The standard InChI is InChI=1S/C22H26N4O3/c27-18-9-7-17(8-10-18)26-13-11-25(12-14-26)15-21(28)24-20-4-2-1-3-19(20)22(29)23-16-5-6-16/h1-4,7-10,16,27H,5-6,11-15H2,(H,23,29)(H,24,28). The average Bonchev–Trinajstić information content (AvgIpc) is 3.53. The summed E-state index contributed by atoms with van der Waals surface area (Å²) in [6.07, 6.45) is 2.05. The Hall–Kier alpha value is -3.06. The Morgan fingerprint density at radius 1 is 0.966 bits per heavy atom. The molecule has 1 heterocycles. The minimum Gasteiger partial charge on any atom is -0.508 e. The minimum absolute atomic E-state index is 0.116. The summed E-state index contributed by atoms with van der Waals surface area (Å²) in [6, 6.07) is 14.6. The van der Waals surface area contributed by atoms with Crippen molar-refractivity contribution in [3.8, 4) is 5.75 Å². The SMILES string of the molecule is O=C(CN1CCN(c2ccc(O)cc2)CC1)Nc1ccccc1C(=O)NC1CC1. The quantitative estimate of drug-likeness (QED) is 0.698. The van der Waals surface area contributed by atoms with Crippen molar-refractivity contribution in [1.82, 2.24) is 10.2 Å². The van der Waals surface area contributed by atoms with Crippen LogP contribution < -0.4 is 15.5 Å². The zero-order chi connectivity index (χ0) is 20.2. The van der Waals surface area contributed by atoms with Crippen LogP contribution in [-0.4, -0.2) is 60.6 Å². The van der Waals surface area contributed by atoms with E-state index >= 15 is 0 Å². The van der Waals surface area contributed by atoms with Crippen molar-refractivity contribution in [2.75, 3.05) is 42.9 Å². The summed E-state index contributed by atoms with van der Waals surface area (Å²) in [4.78, 5) is 29.3. The maximum Gasteiger partial charge on any atom is 0.253 e. The predicted molar refractivity (Wildman–Crippen MR) is 112 cm³/mol. The van der Waals surface area contributed by atoms with E-state index in [1.165, 1.54) is 0 Å². The second kappa shape index (κ2) is 8.53. The maximum absolute atomic E-state index is 12.6. The number of anilines is 2. The van der Waals surface area contributed by atoms with Gasteiger partial charge in [-0.3, -0.25) is 14.5 Å². The van der Waals surface area contributed by atoms with Crippen molar-refractivity contribution < 1.29 is 14.7 Å². The van der Waals surface area contributed by atoms with Crippen LogP contribution in [0.3, 0.4) is 0 Å². The van der Waals surface area contributed by atoms with Crippen molar-refractivity contribution in [3.63, 3.8) is 0 Å². The van der Waals surface area contributed by atoms with Gasteiger partial charge in [-0.1, -0.05) is 12.1 Å². The fourth-order valence-electron chi connectivity index (χ4n) is 3.50. The third-order valence-corrected chi connectivity index (χ3v) is 5.31. The van der Waals surface area contributed by atoms with Crippen LogP contribution >= 0.6 is 0 Å². The van der Waals surface area contributed by atoms with E-state index in [0.29, 0.717) is 17.8 Å². The van der Waals surface area contributed by atoms with Gasteiger partial charge in [0, 0.05) is 37.9 Å². The lowest BCUT2D eigenvalue weighted by Gasteiger charge is -2.35. The summed E-state index contributed by atoms with van der Waals surface area (Å²) in [5, 5.41) is 15.3. The first-order chi connectivity index (χ1) is 14.1. The van der Waals surface area contributed by atoms with Crippen LogP contribution in [0, 0.1) is 0 Å². The number of phenolic OH excluding ortho intramolecular Hbond substituents is 1. The van der Waals surface area contributed by atoms with E-state index in [1.54, 1.807) is 30.3 Å². The van der Waals surface area contributed by atoms with Gasteiger partial charge in [0.1, 0.15) is 5.75 Å². The molecule has 0 spiro atoms.